The van der Waals surface area contributed by atoms with E-state index >= 15 is 0 Å². The fraction of sp³-hybridized carbons (Fsp3) is 0.238. The van der Waals surface area contributed by atoms with E-state index in [9.17, 15) is 9.59 Å². The van der Waals surface area contributed by atoms with Crippen LogP contribution in [0.5, 0.6) is 5.75 Å². The number of furan rings is 1. The van der Waals surface area contributed by atoms with Crippen molar-refractivity contribution >= 4 is 34.2 Å². The van der Waals surface area contributed by atoms with Gasteiger partial charge in [-0.15, -0.1) is 0 Å². The van der Waals surface area contributed by atoms with Crippen molar-refractivity contribution in [1.29, 1.82) is 0 Å². The molecular weight excluding hydrogens is 366 g/mol. The minimum atomic E-state index is -0.357. The van der Waals surface area contributed by atoms with Crippen LogP contribution in [0.4, 0.5) is 0 Å². The zero-order valence-electron chi connectivity index (χ0n) is 14.6. The number of nitrogens with zero attached hydrogens (tertiary/aromatic N) is 1. The van der Waals surface area contributed by atoms with Crippen LogP contribution >= 0.6 is 11.6 Å². The van der Waals surface area contributed by atoms with E-state index in [1.807, 2.05) is 24.3 Å². The number of benzene rings is 2. The van der Waals surface area contributed by atoms with Crippen LogP contribution in [-0.2, 0) is 4.79 Å². The highest BCUT2D eigenvalue weighted by atomic mass is 35.5. The topological polar surface area (TPSA) is 59.8 Å². The molecule has 2 aromatic carbocycles. The molecule has 1 aliphatic rings. The van der Waals surface area contributed by atoms with Crippen molar-refractivity contribution in [3.8, 4) is 5.75 Å². The number of rotatable bonds is 3. The zero-order chi connectivity index (χ0) is 18.8. The summed E-state index contributed by atoms with van der Waals surface area (Å²) in [7, 11) is 0. The van der Waals surface area contributed by atoms with Gasteiger partial charge < -0.3 is 14.1 Å². The maximum atomic E-state index is 12.7. The summed E-state index contributed by atoms with van der Waals surface area (Å²) < 4.78 is 10.7. The standard InChI is InChI=1S/C21H18ClNO4/c22-18-7-8-19(17-6-2-1-5-16(17)18)27-21(25)14-4-3-10-23(12-14)20(24)15-9-11-26-13-15/h1-2,5-9,11,13-14H,3-4,10,12H2. The van der Waals surface area contributed by atoms with Crippen LogP contribution in [0.2, 0.25) is 5.02 Å². The average Bonchev–Trinajstić information content (AvgIpc) is 3.24. The van der Waals surface area contributed by atoms with Crippen molar-refractivity contribution in [2.45, 2.75) is 12.8 Å². The first-order valence-electron chi connectivity index (χ1n) is 8.84. The molecule has 3 aromatic rings. The molecular formula is C21H18ClNO4. The van der Waals surface area contributed by atoms with Gasteiger partial charge >= 0.3 is 5.97 Å². The van der Waals surface area contributed by atoms with Gasteiger partial charge in [0, 0.05) is 28.9 Å². The van der Waals surface area contributed by atoms with Crippen molar-refractivity contribution in [3.63, 3.8) is 0 Å². The predicted molar refractivity (Wildman–Crippen MR) is 102 cm³/mol. The Morgan fingerprint density at radius 2 is 1.93 bits per heavy atom. The monoisotopic (exact) mass is 383 g/mol. The van der Waals surface area contributed by atoms with Gasteiger partial charge in [0.15, 0.2) is 0 Å². The van der Waals surface area contributed by atoms with Gasteiger partial charge in [0.1, 0.15) is 12.0 Å². The van der Waals surface area contributed by atoms with Crippen LogP contribution in [-0.4, -0.2) is 29.9 Å². The molecule has 6 heteroatoms. The summed E-state index contributed by atoms with van der Waals surface area (Å²) in [4.78, 5) is 26.9. The van der Waals surface area contributed by atoms with Crippen molar-refractivity contribution in [2.75, 3.05) is 13.1 Å². The molecule has 0 saturated carbocycles. The van der Waals surface area contributed by atoms with Gasteiger partial charge in [-0.25, -0.2) is 0 Å². The Kier molecular flexibility index (Phi) is 4.86. The molecule has 138 valence electrons. The minimum absolute atomic E-state index is 0.127. The van der Waals surface area contributed by atoms with Crippen LogP contribution < -0.4 is 4.74 Å². The molecule has 0 spiro atoms. The van der Waals surface area contributed by atoms with Crippen LogP contribution in [0.15, 0.2) is 59.4 Å². The highest BCUT2D eigenvalue weighted by molar-refractivity contribution is 6.35. The summed E-state index contributed by atoms with van der Waals surface area (Å²) in [6, 6.07) is 12.6. The number of likely N-dealkylation sites (tertiary alicyclic amines) is 1. The minimum Gasteiger partial charge on any atom is -0.472 e. The summed E-state index contributed by atoms with van der Waals surface area (Å²) in [5, 5.41) is 2.24. The van der Waals surface area contributed by atoms with Gasteiger partial charge in [0.25, 0.3) is 5.91 Å². The number of hydrogen-bond donors (Lipinski definition) is 0. The molecule has 1 atom stereocenters. The second-order valence-electron chi connectivity index (χ2n) is 6.61. The van der Waals surface area contributed by atoms with E-state index in [4.69, 9.17) is 20.8 Å². The number of esters is 1. The zero-order valence-corrected chi connectivity index (χ0v) is 15.3. The maximum Gasteiger partial charge on any atom is 0.316 e. The van der Waals surface area contributed by atoms with Crippen LogP contribution in [0, 0.1) is 5.92 Å². The summed E-state index contributed by atoms with van der Waals surface area (Å²) in [5.41, 5.74) is 0.493. The van der Waals surface area contributed by atoms with E-state index in [-0.39, 0.29) is 17.8 Å². The number of fused-ring (bicyclic) bond motifs is 1. The maximum absolute atomic E-state index is 12.7. The van der Waals surface area contributed by atoms with Gasteiger partial charge in [-0.1, -0.05) is 35.9 Å². The number of carbonyl (C=O) groups is 2. The molecule has 0 N–H and O–H groups in total. The second kappa shape index (κ2) is 7.45. The van der Waals surface area contributed by atoms with Crippen LogP contribution in [0.25, 0.3) is 10.8 Å². The summed E-state index contributed by atoms with van der Waals surface area (Å²) in [6.45, 7) is 0.964. The average molecular weight is 384 g/mol. The van der Waals surface area contributed by atoms with Crippen molar-refractivity contribution < 1.29 is 18.7 Å². The molecule has 27 heavy (non-hydrogen) atoms. The number of hydrogen-bond acceptors (Lipinski definition) is 4. The highest BCUT2D eigenvalue weighted by Gasteiger charge is 2.30. The lowest BCUT2D eigenvalue weighted by Gasteiger charge is -2.31. The number of carbonyl (C=O) groups excluding carboxylic acids is 2. The molecule has 0 bridgehead atoms. The molecule has 1 aromatic heterocycles. The molecule has 1 fully saturated rings. The van der Waals surface area contributed by atoms with Gasteiger partial charge in [-0.2, -0.15) is 0 Å². The highest BCUT2D eigenvalue weighted by Crippen LogP contribution is 2.32. The Balaban J connectivity index is 1.50. The first kappa shape index (κ1) is 17.6. The Labute approximate surface area is 161 Å². The lowest BCUT2D eigenvalue weighted by molar-refractivity contribution is -0.140. The smallest absolute Gasteiger partial charge is 0.316 e. The first-order valence-corrected chi connectivity index (χ1v) is 9.21. The van der Waals surface area contributed by atoms with E-state index in [2.05, 4.69) is 0 Å². The third kappa shape index (κ3) is 3.55. The normalized spacial score (nSPS) is 17.1. The van der Waals surface area contributed by atoms with Crippen LogP contribution in [0.1, 0.15) is 23.2 Å². The molecule has 5 nitrogen and oxygen atoms in total. The Morgan fingerprint density at radius 3 is 2.70 bits per heavy atom. The molecule has 1 unspecified atom stereocenters. The fourth-order valence-corrected chi connectivity index (χ4v) is 3.67. The molecule has 2 heterocycles. The van der Waals surface area contributed by atoms with E-state index in [0.29, 0.717) is 35.8 Å². The number of piperidine rings is 1. The van der Waals surface area contributed by atoms with Gasteiger partial charge in [0.2, 0.25) is 0 Å². The number of ether oxygens (including phenoxy) is 1. The molecule has 1 amide bonds. The summed E-state index contributed by atoms with van der Waals surface area (Å²) in [6.07, 6.45) is 4.34. The third-order valence-electron chi connectivity index (χ3n) is 4.85. The third-order valence-corrected chi connectivity index (χ3v) is 5.18. The lowest BCUT2D eigenvalue weighted by Crippen LogP contribution is -2.43. The SMILES string of the molecule is O=C(Oc1ccc(Cl)c2ccccc12)C1CCCN(C(=O)c2ccoc2)C1. The predicted octanol–water partition coefficient (Wildman–Crippen LogP) is 4.54. The second-order valence-corrected chi connectivity index (χ2v) is 7.02. The molecule has 4 rings (SSSR count). The van der Waals surface area contributed by atoms with Crippen molar-refractivity contribution in [3.05, 3.63) is 65.6 Å². The lowest BCUT2D eigenvalue weighted by atomic mass is 9.97. The molecule has 1 aliphatic heterocycles. The van der Waals surface area contributed by atoms with Gasteiger partial charge in [-0.3, -0.25) is 9.59 Å². The van der Waals surface area contributed by atoms with Crippen molar-refractivity contribution in [2.24, 2.45) is 5.92 Å². The largest absolute Gasteiger partial charge is 0.472 e. The molecule has 1 saturated heterocycles. The Bertz CT molecular complexity index is 983. The van der Waals surface area contributed by atoms with Gasteiger partial charge in [-0.05, 0) is 31.0 Å². The first-order chi connectivity index (χ1) is 13.1. The van der Waals surface area contributed by atoms with Gasteiger partial charge in [0.05, 0.1) is 17.7 Å². The molecule has 0 aliphatic carbocycles. The summed E-state index contributed by atoms with van der Waals surface area (Å²) in [5.74, 6) is -0.326. The summed E-state index contributed by atoms with van der Waals surface area (Å²) >= 11 is 6.22. The van der Waals surface area contributed by atoms with E-state index in [0.717, 1.165) is 17.2 Å². The number of amides is 1. The Hall–Kier alpha value is -2.79. The van der Waals surface area contributed by atoms with Crippen LogP contribution in [0.3, 0.4) is 0 Å². The van der Waals surface area contributed by atoms with E-state index in [1.54, 1.807) is 23.1 Å². The Morgan fingerprint density at radius 1 is 1.11 bits per heavy atom. The van der Waals surface area contributed by atoms with Crippen molar-refractivity contribution in [1.82, 2.24) is 4.90 Å². The molecule has 0 radical (unpaired) electrons. The van der Waals surface area contributed by atoms with E-state index in [1.165, 1.54) is 12.5 Å². The quantitative estimate of drug-likeness (QED) is 0.492. The van der Waals surface area contributed by atoms with E-state index < -0.39 is 0 Å². The number of halogens is 1. The fourth-order valence-electron chi connectivity index (χ4n) is 3.44.